The molecule has 1 unspecified atom stereocenters. The number of benzene rings is 1. The first-order valence-electron chi connectivity index (χ1n) is 8.67. The molecule has 1 heterocycles. The van der Waals surface area contributed by atoms with Gasteiger partial charge in [0.2, 0.25) is 5.91 Å². The molecule has 0 aromatic heterocycles. The summed E-state index contributed by atoms with van der Waals surface area (Å²) < 4.78 is 5.34. The lowest BCUT2D eigenvalue weighted by molar-refractivity contribution is -0.132. The number of rotatable bonds is 4. The third-order valence-corrected chi connectivity index (χ3v) is 3.98. The zero-order valence-electron chi connectivity index (χ0n) is 14.9. The molecule has 0 aliphatic carbocycles. The van der Waals surface area contributed by atoms with Crippen molar-refractivity contribution in [1.82, 2.24) is 10.2 Å². The molecule has 0 bridgehead atoms. The average Bonchev–Trinajstić information content (AvgIpc) is 2.54. The molecule has 1 aromatic rings. The second kappa shape index (κ2) is 8.18. The molecule has 1 atom stereocenters. The summed E-state index contributed by atoms with van der Waals surface area (Å²) in [5, 5.41) is 2.85. The van der Waals surface area contributed by atoms with E-state index >= 15 is 0 Å². The number of hydrogen-bond acceptors (Lipinski definition) is 3. The molecule has 2 amide bonds. The molecular formula is C19H28N2O3. The molecule has 1 saturated heterocycles. The molecule has 1 fully saturated rings. The summed E-state index contributed by atoms with van der Waals surface area (Å²) in [6, 6.07) is 9.20. The first-order chi connectivity index (χ1) is 11.3. The van der Waals surface area contributed by atoms with Gasteiger partial charge in [-0.1, -0.05) is 30.3 Å². The van der Waals surface area contributed by atoms with Crippen LogP contribution in [0.15, 0.2) is 30.3 Å². The van der Waals surface area contributed by atoms with E-state index in [1.165, 1.54) is 6.42 Å². The summed E-state index contributed by atoms with van der Waals surface area (Å²) in [6.45, 7) is 7.09. The fourth-order valence-electron chi connectivity index (χ4n) is 2.83. The number of piperidine rings is 1. The fraction of sp³-hybridized carbons (Fsp3) is 0.579. The minimum absolute atomic E-state index is 0.0830. The molecule has 1 aromatic carbocycles. The van der Waals surface area contributed by atoms with Crippen LogP contribution in [-0.4, -0.2) is 35.6 Å². The van der Waals surface area contributed by atoms with Crippen molar-refractivity contribution in [2.24, 2.45) is 0 Å². The van der Waals surface area contributed by atoms with Gasteiger partial charge in [0.15, 0.2) is 0 Å². The number of ether oxygens (including phenoxy) is 1. The topological polar surface area (TPSA) is 58.6 Å². The van der Waals surface area contributed by atoms with Crippen molar-refractivity contribution in [3.63, 3.8) is 0 Å². The molecule has 1 aliphatic rings. The third kappa shape index (κ3) is 5.87. The van der Waals surface area contributed by atoms with Crippen LogP contribution in [0.5, 0.6) is 0 Å². The molecule has 2 rings (SSSR count). The maximum Gasteiger partial charge on any atom is 0.408 e. The zero-order chi connectivity index (χ0) is 17.6. The molecule has 5 nitrogen and oxygen atoms in total. The van der Waals surface area contributed by atoms with Gasteiger partial charge in [-0.3, -0.25) is 4.79 Å². The van der Waals surface area contributed by atoms with Crippen LogP contribution < -0.4 is 5.32 Å². The van der Waals surface area contributed by atoms with Gasteiger partial charge in [-0.25, -0.2) is 4.79 Å². The van der Waals surface area contributed by atoms with Crippen molar-refractivity contribution in [3.8, 4) is 0 Å². The van der Waals surface area contributed by atoms with Crippen LogP contribution in [0.3, 0.4) is 0 Å². The Kier molecular flexibility index (Phi) is 6.23. The standard InChI is InChI=1S/C19H28N2O3/c1-19(2,3)24-18(23)20-16(15-10-6-4-7-11-15)14-17(22)21-12-8-5-9-13-21/h4,6-7,10-11,16H,5,8-9,12-14H2,1-3H3,(H,20,23). The largest absolute Gasteiger partial charge is 0.444 e. The Bertz CT molecular complexity index is 545. The second-order valence-electron chi connectivity index (χ2n) is 7.26. The van der Waals surface area contributed by atoms with E-state index < -0.39 is 11.7 Å². The SMILES string of the molecule is CC(C)(C)OC(=O)NC(CC(=O)N1CCCCC1)c1ccccc1. The first kappa shape index (κ1) is 18.3. The summed E-state index contributed by atoms with van der Waals surface area (Å²) in [6.07, 6.45) is 3.05. The Hall–Kier alpha value is -2.04. The molecule has 1 N–H and O–H groups in total. The van der Waals surface area contributed by atoms with Crippen molar-refractivity contribution in [2.45, 2.75) is 58.1 Å². The number of carbonyl (C=O) groups excluding carboxylic acids is 2. The predicted octanol–water partition coefficient (Wildman–Crippen LogP) is 3.66. The summed E-state index contributed by atoms with van der Waals surface area (Å²) in [4.78, 5) is 26.6. The van der Waals surface area contributed by atoms with E-state index in [1.807, 2.05) is 56.0 Å². The number of carbonyl (C=O) groups is 2. The molecule has 5 heteroatoms. The number of nitrogens with zero attached hydrogens (tertiary/aromatic N) is 1. The highest BCUT2D eigenvalue weighted by molar-refractivity contribution is 5.78. The smallest absolute Gasteiger partial charge is 0.408 e. The summed E-state index contributed by atoms with van der Waals surface area (Å²) in [7, 11) is 0. The molecular weight excluding hydrogens is 304 g/mol. The molecule has 0 radical (unpaired) electrons. The third-order valence-electron chi connectivity index (χ3n) is 3.98. The molecule has 1 aliphatic heterocycles. The van der Waals surface area contributed by atoms with Crippen LogP contribution in [0.1, 0.15) is 58.1 Å². The Morgan fingerprint density at radius 2 is 1.75 bits per heavy atom. The van der Waals surface area contributed by atoms with Gasteiger partial charge in [0.05, 0.1) is 12.5 Å². The summed E-state index contributed by atoms with van der Waals surface area (Å²) in [5.41, 5.74) is 0.344. The van der Waals surface area contributed by atoms with E-state index in [9.17, 15) is 9.59 Å². The number of nitrogens with one attached hydrogen (secondary N) is 1. The van der Waals surface area contributed by atoms with Crippen LogP contribution >= 0.6 is 0 Å². The van der Waals surface area contributed by atoms with Crippen LogP contribution in [0.2, 0.25) is 0 Å². The van der Waals surface area contributed by atoms with E-state index in [4.69, 9.17) is 4.74 Å². The van der Waals surface area contributed by atoms with Gasteiger partial charge < -0.3 is 15.0 Å². The van der Waals surface area contributed by atoms with Gasteiger partial charge in [-0.15, -0.1) is 0 Å². The van der Waals surface area contributed by atoms with Gasteiger partial charge in [0.25, 0.3) is 0 Å². The highest BCUT2D eigenvalue weighted by Crippen LogP contribution is 2.20. The van der Waals surface area contributed by atoms with Crippen LogP contribution in [0.4, 0.5) is 4.79 Å². The fourth-order valence-corrected chi connectivity index (χ4v) is 2.83. The quantitative estimate of drug-likeness (QED) is 0.915. The lowest BCUT2D eigenvalue weighted by Gasteiger charge is -2.29. The Morgan fingerprint density at radius 1 is 1.12 bits per heavy atom. The average molecular weight is 332 g/mol. The van der Waals surface area contributed by atoms with Gasteiger partial charge >= 0.3 is 6.09 Å². The molecule has 132 valence electrons. The number of alkyl carbamates (subject to hydrolysis) is 1. The van der Waals surface area contributed by atoms with Crippen LogP contribution in [0, 0.1) is 0 Å². The first-order valence-corrected chi connectivity index (χ1v) is 8.67. The Morgan fingerprint density at radius 3 is 2.33 bits per heavy atom. The maximum absolute atomic E-state index is 12.6. The van der Waals surface area contributed by atoms with Crippen molar-refractivity contribution < 1.29 is 14.3 Å². The minimum Gasteiger partial charge on any atom is -0.444 e. The van der Waals surface area contributed by atoms with E-state index in [0.29, 0.717) is 0 Å². The van der Waals surface area contributed by atoms with Gasteiger partial charge in [0, 0.05) is 13.1 Å². The summed E-state index contributed by atoms with van der Waals surface area (Å²) >= 11 is 0. The Labute approximate surface area is 144 Å². The normalized spacial score (nSPS) is 16.4. The highest BCUT2D eigenvalue weighted by atomic mass is 16.6. The van der Waals surface area contributed by atoms with Crippen LogP contribution in [0.25, 0.3) is 0 Å². The monoisotopic (exact) mass is 332 g/mol. The number of hydrogen-bond donors (Lipinski definition) is 1. The zero-order valence-corrected chi connectivity index (χ0v) is 14.9. The number of amides is 2. The van der Waals surface area contributed by atoms with Crippen molar-refractivity contribution in [3.05, 3.63) is 35.9 Å². The highest BCUT2D eigenvalue weighted by Gasteiger charge is 2.25. The summed E-state index contributed by atoms with van der Waals surface area (Å²) in [5.74, 6) is 0.0830. The molecule has 24 heavy (non-hydrogen) atoms. The van der Waals surface area contributed by atoms with Crippen molar-refractivity contribution in [1.29, 1.82) is 0 Å². The maximum atomic E-state index is 12.6. The van der Waals surface area contributed by atoms with Gasteiger partial charge in [-0.2, -0.15) is 0 Å². The van der Waals surface area contributed by atoms with E-state index in [0.717, 1.165) is 31.5 Å². The van der Waals surface area contributed by atoms with Crippen molar-refractivity contribution in [2.75, 3.05) is 13.1 Å². The number of likely N-dealkylation sites (tertiary alicyclic amines) is 1. The van der Waals surface area contributed by atoms with Gasteiger partial charge in [-0.05, 0) is 45.6 Å². The minimum atomic E-state index is -0.567. The van der Waals surface area contributed by atoms with Crippen molar-refractivity contribution >= 4 is 12.0 Å². The lowest BCUT2D eigenvalue weighted by Crippen LogP contribution is -2.40. The van der Waals surface area contributed by atoms with Gasteiger partial charge in [0.1, 0.15) is 5.60 Å². The van der Waals surface area contributed by atoms with E-state index in [1.54, 1.807) is 0 Å². The van der Waals surface area contributed by atoms with E-state index in [-0.39, 0.29) is 18.4 Å². The molecule has 0 saturated carbocycles. The Balaban J connectivity index is 2.05. The molecule has 0 spiro atoms. The predicted molar refractivity (Wildman–Crippen MR) is 93.6 cm³/mol. The second-order valence-corrected chi connectivity index (χ2v) is 7.26. The lowest BCUT2D eigenvalue weighted by atomic mass is 10.0. The van der Waals surface area contributed by atoms with Crippen LogP contribution in [-0.2, 0) is 9.53 Å². The van der Waals surface area contributed by atoms with E-state index in [2.05, 4.69) is 5.32 Å².